The first kappa shape index (κ1) is 19.0. The van der Waals surface area contributed by atoms with Gasteiger partial charge in [-0.15, -0.1) is 0 Å². The minimum Gasteiger partial charge on any atom is -0.496 e. The van der Waals surface area contributed by atoms with E-state index in [0.29, 0.717) is 11.7 Å². The number of carbonyl (C=O) groups is 2. The molecule has 1 N–H and O–H groups in total. The maximum Gasteiger partial charge on any atom is 0.331 e. The van der Waals surface area contributed by atoms with Crippen LogP contribution in [0.2, 0.25) is 0 Å². The Kier molecular flexibility index (Phi) is 7.04. The highest BCUT2D eigenvalue weighted by Crippen LogP contribution is 2.24. The SMILES string of the molecule is COc1ccccc1/C=C/C(=O)O[C@H](C)C(=O)N[C@@H]1CCCC[C@H]1C. The Morgan fingerprint density at radius 1 is 1.24 bits per heavy atom. The van der Waals surface area contributed by atoms with Crippen LogP contribution in [0.25, 0.3) is 6.08 Å². The molecule has 1 aliphatic rings. The molecule has 5 heteroatoms. The van der Waals surface area contributed by atoms with Crippen molar-refractivity contribution in [3.8, 4) is 5.75 Å². The third kappa shape index (κ3) is 5.62. The van der Waals surface area contributed by atoms with Crippen molar-refractivity contribution in [2.75, 3.05) is 7.11 Å². The molecule has 0 radical (unpaired) electrons. The second-order valence-corrected chi connectivity index (χ2v) is 6.53. The second kappa shape index (κ2) is 9.25. The van der Waals surface area contributed by atoms with Crippen molar-refractivity contribution < 1.29 is 19.1 Å². The van der Waals surface area contributed by atoms with Crippen LogP contribution in [0.1, 0.15) is 45.1 Å². The van der Waals surface area contributed by atoms with Crippen LogP contribution in [-0.2, 0) is 14.3 Å². The third-order valence-electron chi connectivity index (χ3n) is 4.64. The van der Waals surface area contributed by atoms with Crippen LogP contribution in [0, 0.1) is 5.92 Å². The van der Waals surface area contributed by atoms with Crippen LogP contribution in [0.5, 0.6) is 5.75 Å². The summed E-state index contributed by atoms with van der Waals surface area (Å²) in [4.78, 5) is 24.2. The lowest BCUT2D eigenvalue weighted by molar-refractivity contribution is -0.150. The Labute approximate surface area is 149 Å². The minimum atomic E-state index is -0.816. The average Bonchev–Trinajstić information content (AvgIpc) is 2.62. The number of ether oxygens (including phenoxy) is 2. The van der Waals surface area contributed by atoms with E-state index in [4.69, 9.17) is 9.47 Å². The molecule has 1 saturated carbocycles. The highest BCUT2D eigenvalue weighted by molar-refractivity contribution is 5.90. The zero-order valence-corrected chi connectivity index (χ0v) is 15.2. The summed E-state index contributed by atoms with van der Waals surface area (Å²) < 4.78 is 10.4. The molecule has 0 aromatic heterocycles. The molecule has 5 nitrogen and oxygen atoms in total. The second-order valence-electron chi connectivity index (χ2n) is 6.53. The number of benzene rings is 1. The first-order chi connectivity index (χ1) is 12.0. The van der Waals surface area contributed by atoms with E-state index in [1.54, 1.807) is 20.1 Å². The molecule has 0 unspecified atom stereocenters. The molecular weight excluding hydrogens is 318 g/mol. The van der Waals surface area contributed by atoms with Crippen LogP contribution in [0.4, 0.5) is 0 Å². The van der Waals surface area contributed by atoms with E-state index in [-0.39, 0.29) is 11.9 Å². The Bertz CT molecular complexity index is 626. The number of rotatable bonds is 6. The van der Waals surface area contributed by atoms with Gasteiger partial charge in [-0.2, -0.15) is 0 Å². The number of hydrogen-bond acceptors (Lipinski definition) is 4. The van der Waals surface area contributed by atoms with E-state index in [0.717, 1.165) is 24.8 Å². The van der Waals surface area contributed by atoms with Crippen LogP contribution >= 0.6 is 0 Å². The Morgan fingerprint density at radius 3 is 2.68 bits per heavy atom. The molecule has 1 aliphatic carbocycles. The third-order valence-corrected chi connectivity index (χ3v) is 4.64. The summed E-state index contributed by atoms with van der Waals surface area (Å²) in [5.41, 5.74) is 0.773. The van der Waals surface area contributed by atoms with Gasteiger partial charge in [0.2, 0.25) is 0 Å². The first-order valence-corrected chi connectivity index (χ1v) is 8.83. The average molecular weight is 345 g/mol. The lowest BCUT2D eigenvalue weighted by Crippen LogP contribution is -2.45. The summed E-state index contributed by atoms with van der Waals surface area (Å²) in [5, 5.41) is 3.01. The maximum atomic E-state index is 12.2. The zero-order valence-electron chi connectivity index (χ0n) is 15.2. The quantitative estimate of drug-likeness (QED) is 0.634. The van der Waals surface area contributed by atoms with Crippen molar-refractivity contribution >= 4 is 18.0 Å². The van der Waals surface area contributed by atoms with E-state index in [1.165, 1.54) is 12.5 Å². The van der Waals surface area contributed by atoms with E-state index < -0.39 is 12.1 Å². The molecular formula is C20H27NO4. The van der Waals surface area contributed by atoms with E-state index in [9.17, 15) is 9.59 Å². The summed E-state index contributed by atoms with van der Waals surface area (Å²) in [7, 11) is 1.57. The molecule has 0 heterocycles. The molecule has 1 fully saturated rings. The predicted octanol–water partition coefficient (Wildman–Crippen LogP) is 3.34. The van der Waals surface area contributed by atoms with Crippen LogP contribution in [-0.4, -0.2) is 31.1 Å². The van der Waals surface area contributed by atoms with Gasteiger partial charge in [-0.05, 0) is 37.8 Å². The van der Waals surface area contributed by atoms with Crippen LogP contribution < -0.4 is 10.1 Å². The fourth-order valence-electron chi connectivity index (χ4n) is 3.06. The van der Waals surface area contributed by atoms with Crippen molar-refractivity contribution in [2.45, 2.75) is 51.7 Å². The van der Waals surface area contributed by atoms with Gasteiger partial charge in [0.05, 0.1) is 7.11 Å². The van der Waals surface area contributed by atoms with Gasteiger partial charge in [-0.3, -0.25) is 4.79 Å². The number of hydrogen-bond donors (Lipinski definition) is 1. The Morgan fingerprint density at radius 2 is 1.96 bits per heavy atom. The summed E-state index contributed by atoms with van der Waals surface area (Å²) in [6, 6.07) is 7.53. The molecule has 1 amide bonds. The van der Waals surface area contributed by atoms with Gasteiger partial charge in [0.1, 0.15) is 5.75 Å². The number of amides is 1. The lowest BCUT2D eigenvalue weighted by Gasteiger charge is -2.30. The van der Waals surface area contributed by atoms with Gasteiger partial charge < -0.3 is 14.8 Å². The summed E-state index contributed by atoms with van der Waals surface area (Å²) in [6.45, 7) is 3.74. The van der Waals surface area contributed by atoms with Gasteiger partial charge >= 0.3 is 5.97 Å². The van der Waals surface area contributed by atoms with E-state index in [2.05, 4.69) is 12.2 Å². The molecule has 3 atom stereocenters. The summed E-state index contributed by atoms with van der Waals surface area (Å²) in [5.74, 6) is 0.345. The maximum absolute atomic E-state index is 12.2. The van der Waals surface area contributed by atoms with Crippen molar-refractivity contribution in [1.29, 1.82) is 0 Å². The lowest BCUT2D eigenvalue weighted by atomic mass is 9.86. The number of nitrogens with one attached hydrogen (secondary N) is 1. The highest BCUT2D eigenvalue weighted by atomic mass is 16.5. The van der Waals surface area contributed by atoms with Crippen LogP contribution in [0.3, 0.4) is 0 Å². The smallest absolute Gasteiger partial charge is 0.331 e. The molecule has 0 aliphatic heterocycles. The van der Waals surface area contributed by atoms with Gasteiger partial charge in [0.25, 0.3) is 5.91 Å². The van der Waals surface area contributed by atoms with Crippen molar-refractivity contribution in [1.82, 2.24) is 5.32 Å². The predicted molar refractivity (Wildman–Crippen MR) is 97.1 cm³/mol. The van der Waals surface area contributed by atoms with Gasteiger partial charge in [-0.1, -0.05) is 38.0 Å². The van der Waals surface area contributed by atoms with Crippen molar-refractivity contribution in [3.63, 3.8) is 0 Å². The van der Waals surface area contributed by atoms with Crippen molar-refractivity contribution in [3.05, 3.63) is 35.9 Å². The Balaban J connectivity index is 1.86. The number of para-hydroxylation sites is 1. The number of carbonyl (C=O) groups excluding carboxylic acids is 2. The molecule has 1 aromatic rings. The van der Waals surface area contributed by atoms with Crippen molar-refractivity contribution in [2.24, 2.45) is 5.92 Å². The van der Waals surface area contributed by atoms with Crippen LogP contribution in [0.15, 0.2) is 30.3 Å². The Hall–Kier alpha value is -2.30. The molecule has 0 spiro atoms. The fraction of sp³-hybridized carbons (Fsp3) is 0.500. The minimum absolute atomic E-state index is 0.173. The highest BCUT2D eigenvalue weighted by Gasteiger charge is 2.25. The zero-order chi connectivity index (χ0) is 18.2. The standard InChI is InChI=1S/C20H27NO4/c1-14-8-4-6-10-17(14)21-20(23)15(2)25-19(22)13-12-16-9-5-7-11-18(16)24-3/h5,7,9,11-15,17H,4,6,8,10H2,1-3H3,(H,21,23)/b13-12+/t14-,15-,17-/m1/s1. The normalized spacial score (nSPS) is 21.6. The molecule has 0 bridgehead atoms. The summed E-state index contributed by atoms with van der Waals surface area (Å²) in [6.07, 6.45) is 6.57. The monoisotopic (exact) mass is 345 g/mol. The van der Waals surface area contributed by atoms with E-state index in [1.807, 2.05) is 24.3 Å². The molecule has 1 aromatic carbocycles. The molecule has 136 valence electrons. The number of methoxy groups -OCH3 is 1. The first-order valence-electron chi connectivity index (χ1n) is 8.83. The summed E-state index contributed by atoms with van der Waals surface area (Å²) >= 11 is 0. The van der Waals surface area contributed by atoms with Gasteiger partial charge in [-0.25, -0.2) is 4.79 Å². The van der Waals surface area contributed by atoms with Gasteiger partial charge in [0, 0.05) is 17.7 Å². The largest absolute Gasteiger partial charge is 0.496 e. The van der Waals surface area contributed by atoms with Gasteiger partial charge in [0.15, 0.2) is 6.10 Å². The van der Waals surface area contributed by atoms with E-state index >= 15 is 0 Å². The molecule has 0 saturated heterocycles. The number of esters is 1. The topological polar surface area (TPSA) is 64.6 Å². The molecule has 2 rings (SSSR count). The fourth-order valence-corrected chi connectivity index (χ4v) is 3.06. The molecule has 25 heavy (non-hydrogen) atoms.